The van der Waals surface area contributed by atoms with Crippen LogP contribution in [0.3, 0.4) is 0 Å². The summed E-state index contributed by atoms with van der Waals surface area (Å²) < 4.78 is 32.3. The Hall–Kier alpha value is -3.49. The molecule has 1 N–H and O–H groups in total. The second kappa shape index (κ2) is 12.4. The lowest BCUT2D eigenvalue weighted by atomic mass is 9.91. The second-order valence-electron chi connectivity index (χ2n) is 10.9. The normalized spacial score (nSPS) is 19.6. The Morgan fingerprint density at radius 2 is 2.02 bits per heavy atom. The van der Waals surface area contributed by atoms with Gasteiger partial charge in [-0.2, -0.15) is 0 Å². The molecule has 2 aromatic carbocycles. The molecular formula is C32H37FN2O5. The van der Waals surface area contributed by atoms with Crippen molar-refractivity contribution in [2.24, 2.45) is 5.92 Å². The second-order valence-corrected chi connectivity index (χ2v) is 10.9. The maximum absolute atomic E-state index is 15.1. The van der Waals surface area contributed by atoms with E-state index in [-0.39, 0.29) is 6.10 Å². The molecule has 212 valence electrons. The number of aliphatic carboxylic acids is 1. The quantitative estimate of drug-likeness (QED) is 0.341. The topological polar surface area (TPSA) is 81.1 Å². The van der Waals surface area contributed by atoms with Crippen LogP contribution >= 0.6 is 0 Å². The summed E-state index contributed by atoms with van der Waals surface area (Å²) in [6.07, 6.45) is 5.37. The average Bonchev–Trinajstić information content (AvgIpc) is 3.39. The predicted octanol–water partition coefficient (Wildman–Crippen LogP) is 5.84. The largest absolute Gasteiger partial charge is 0.485 e. The van der Waals surface area contributed by atoms with Crippen LogP contribution in [0, 0.1) is 11.7 Å². The van der Waals surface area contributed by atoms with Gasteiger partial charge in [0.25, 0.3) is 0 Å². The maximum Gasteiger partial charge on any atom is 0.306 e. The zero-order valence-corrected chi connectivity index (χ0v) is 23.4. The lowest BCUT2D eigenvalue weighted by Crippen LogP contribution is -2.32. The predicted molar refractivity (Wildman–Crippen MR) is 150 cm³/mol. The molecule has 40 heavy (non-hydrogen) atoms. The first-order valence-electron chi connectivity index (χ1n) is 13.9. The van der Waals surface area contributed by atoms with Crippen molar-refractivity contribution in [3.8, 4) is 22.8 Å². The molecule has 3 heterocycles. The number of methoxy groups -OCH3 is 2. The minimum atomic E-state index is -0.807. The number of nitrogens with zero attached hydrogens (tertiary/aromatic N) is 2. The molecule has 1 saturated heterocycles. The van der Waals surface area contributed by atoms with Crippen LogP contribution in [-0.2, 0) is 28.9 Å². The fourth-order valence-corrected chi connectivity index (χ4v) is 5.86. The van der Waals surface area contributed by atoms with Gasteiger partial charge in [-0.1, -0.05) is 37.3 Å². The van der Waals surface area contributed by atoms with Gasteiger partial charge in [0.1, 0.15) is 17.7 Å². The third kappa shape index (κ3) is 6.13. The molecule has 3 atom stereocenters. The Balaban J connectivity index is 1.47. The Morgan fingerprint density at radius 1 is 1.18 bits per heavy atom. The molecule has 5 rings (SSSR count). The number of hydrogen-bond donors (Lipinski definition) is 1. The minimum Gasteiger partial charge on any atom is -0.485 e. The Kier molecular flexibility index (Phi) is 8.66. The molecule has 2 aliphatic heterocycles. The zero-order valence-electron chi connectivity index (χ0n) is 23.4. The number of aromatic nitrogens is 1. The molecule has 0 radical (unpaired) electrons. The number of rotatable bonds is 10. The molecule has 1 aromatic heterocycles. The lowest BCUT2D eigenvalue weighted by Gasteiger charge is -2.29. The van der Waals surface area contributed by atoms with Crippen LogP contribution in [-0.4, -0.2) is 54.4 Å². The zero-order chi connectivity index (χ0) is 28.2. The maximum atomic E-state index is 15.1. The van der Waals surface area contributed by atoms with Crippen molar-refractivity contribution in [3.63, 3.8) is 0 Å². The van der Waals surface area contributed by atoms with Crippen molar-refractivity contribution in [2.75, 3.05) is 27.4 Å². The van der Waals surface area contributed by atoms with E-state index in [1.165, 1.54) is 13.3 Å². The summed E-state index contributed by atoms with van der Waals surface area (Å²) in [5.41, 5.74) is 5.41. The molecule has 8 heteroatoms. The molecule has 3 aromatic rings. The van der Waals surface area contributed by atoms with Crippen molar-refractivity contribution in [1.29, 1.82) is 0 Å². The van der Waals surface area contributed by atoms with Crippen LogP contribution < -0.4 is 9.47 Å². The monoisotopic (exact) mass is 548 g/mol. The van der Waals surface area contributed by atoms with Gasteiger partial charge >= 0.3 is 5.97 Å². The summed E-state index contributed by atoms with van der Waals surface area (Å²) in [6, 6.07) is 14.2. The number of aryl methyl sites for hydroxylation is 1. The lowest BCUT2D eigenvalue weighted by molar-refractivity contribution is -0.141. The van der Waals surface area contributed by atoms with Gasteiger partial charge < -0.3 is 19.3 Å². The van der Waals surface area contributed by atoms with Gasteiger partial charge in [0.05, 0.1) is 25.8 Å². The van der Waals surface area contributed by atoms with E-state index in [1.807, 2.05) is 30.3 Å². The van der Waals surface area contributed by atoms with Crippen molar-refractivity contribution in [3.05, 3.63) is 76.7 Å². The van der Waals surface area contributed by atoms with E-state index in [4.69, 9.17) is 14.2 Å². The smallest absolute Gasteiger partial charge is 0.306 e. The number of fused-ring (bicyclic) bond motifs is 1. The molecule has 0 bridgehead atoms. The van der Waals surface area contributed by atoms with Gasteiger partial charge in [-0.25, -0.2) is 9.37 Å². The fraction of sp³-hybridized carbons (Fsp3) is 0.438. The van der Waals surface area contributed by atoms with Crippen LogP contribution in [0.5, 0.6) is 11.6 Å². The number of carboxylic acids is 1. The number of carboxylic acid groups (broad SMARTS) is 1. The van der Waals surface area contributed by atoms with E-state index in [1.54, 1.807) is 20.1 Å². The molecule has 7 nitrogen and oxygen atoms in total. The van der Waals surface area contributed by atoms with Crippen molar-refractivity contribution >= 4 is 5.97 Å². The van der Waals surface area contributed by atoms with E-state index in [0.717, 1.165) is 65.8 Å². The van der Waals surface area contributed by atoms with Gasteiger partial charge in [-0.15, -0.1) is 0 Å². The van der Waals surface area contributed by atoms with Gasteiger partial charge in [0.15, 0.2) is 0 Å². The van der Waals surface area contributed by atoms with E-state index in [2.05, 4.69) is 16.0 Å². The SMILES string of the molecule is COCC1CCCN1Cc1cc(C2CCc3ccc(CC(C)C(=O)O)cc3O2)ccc1-c1cc(OC)ncc1F. The first-order chi connectivity index (χ1) is 19.4. The number of likely N-dealkylation sites (tertiary alicyclic amines) is 1. The highest BCUT2D eigenvalue weighted by molar-refractivity contribution is 5.70. The molecule has 0 amide bonds. The summed E-state index contributed by atoms with van der Waals surface area (Å²) in [6.45, 7) is 4.01. The Morgan fingerprint density at radius 3 is 2.80 bits per heavy atom. The van der Waals surface area contributed by atoms with Crippen molar-refractivity contribution in [1.82, 2.24) is 9.88 Å². The van der Waals surface area contributed by atoms with Crippen LogP contribution in [0.25, 0.3) is 11.1 Å². The molecule has 3 unspecified atom stereocenters. The summed E-state index contributed by atoms with van der Waals surface area (Å²) >= 11 is 0. The fourth-order valence-electron chi connectivity index (χ4n) is 5.86. The van der Waals surface area contributed by atoms with E-state index < -0.39 is 17.7 Å². The van der Waals surface area contributed by atoms with E-state index >= 15 is 4.39 Å². The third-order valence-corrected chi connectivity index (χ3v) is 8.10. The van der Waals surface area contributed by atoms with Gasteiger partial charge in [0.2, 0.25) is 5.88 Å². The highest BCUT2D eigenvalue weighted by Gasteiger charge is 2.28. The number of ether oxygens (including phenoxy) is 3. The van der Waals surface area contributed by atoms with Crippen LogP contribution in [0.1, 0.15) is 54.5 Å². The highest BCUT2D eigenvalue weighted by Crippen LogP contribution is 2.38. The molecule has 0 saturated carbocycles. The van der Waals surface area contributed by atoms with Crippen LogP contribution in [0.4, 0.5) is 4.39 Å². The highest BCUT2D eigenvalue weighted by atomic mass is 19.1. The minimum absolute atomic E-state index is 0.155. The molecule has 2 aliphatic rings. The first-order valence-corrected chi connectivity index (χ1v) is 13.9. The Bertz CT molecular complexity index is 1360. The van der Waals surface area contributed by atoms with E-state index in [0.29, 0.717) is 37.1 Å². The van der Waals surface area contributed by atoms with Gasteiger partial charge in [-0.3, -0.25) is 9.69 Å². The summed E-state index contributed by atoms with van der Waals surface area (Å²) in [5.74, 6) is -0.493. The average molecular weight is 549 g/mol. The molecule has 0 spiro atoms. The number of hydrogen-bond acceptors (Lipinski definition) is 6. The summed E-state index contributed by atoms with van der Waals surface area (Å²) in [4.78, 5) is 17.8. The van der Waals surface area contributed by atoms with Crippen LogP contribution in [0.2, 0.25) is 0 Å². The number of benzene rings is 2. The van der Waals surface area contributed by atoms with Gasteiger partial charge in [-0.05, 0) is 72.5 Å². The standard InChI is InChI=1S/C32H37FN2O5/c1-20(32(36)37)13-21-6-7-22-9-11-29(40-30(22)14-21)23-8-10-26(27-16-31(39-3)34-17-28(27)33)24(15-23)18-35-12-4-5-25(35)19-38-2/h6-8,10,14-17,20,25,29H,4-5,9,11-13,18-19H2,1-3H3,(H,36,37). The number of carbonyl (C=O) groups is 1. The first kappa shape index (κ1) is 28.1. The molecule has 0 aliphatic carbocycles. The number of halogens is 1. The molecule has 1 fully saturated rings. The van der Waals surface area contributed by atoms with Crippen LogP contribution in [0.15, 0.2) is 48.7 Å². The summed E-state index contributed by atoms with van der Waals surface area (Å²) in [5, 5.41) is 9.32. The third-order valence-electron chi connectivity index (χ3n) is 8.10. The number of pyridine rings is 1. The Labute approximate surface area is 234 Å². The molecular weight excluding hydrogens is 511 g/mol. The van der Waals surface area contributed by atoms with Crippen molar-refractivity contribution in [2.45, 2.75) is 57.7 Å². The van der Waals surface area contributed by atoms with Gasteiger partial charge in [0, 0.05) is 31.3 Å². The van der Waals surface area contributed by atoms with Crippen molar-refractivity contribution < 1.29 is 28.5 Å². The summed E-state index contributed by atoms with van der Waals surface area (Å²) in [7, 11) is 3.26. The van der Waals surface area contributed by atoms with E-state index in [9.17, 15) is 9.90 Å².